The van der Waals surface area contributed by atoms with Crippen molar-refractivity contribution in [3.63, 3.8) is 0 Å². The van der Waals surface area contributed by atoms with E-state index in [9.17, 15) is 9.59 Å². The Morgan fingerprint density at radius 2 is 2.17 bits per heavy atom. The average Bonchev–Trinajstić information content (AvgIpc) is 2.78. The molecule has 0 bridgehead atoms. The molecule has 1 unspecified atom stereocenters. The summed E-state index contributed by atoms with van der Waals surface area (Å²) in [5.74, 6) is 1.25. The fourth-order valence-electron chi connectivity index (χ4n) is 1.85. The normalized spacial score (nSPS) is 19.6. The van der Waals surface area contributed by atoms with E-state index in [0.717, 1.165) is 17.9 Å². The molecule has 1 aliphatic rings. The number of thioether (sulfide) groups is 1. The highest BCUT2D eigenvalue weighted by Gasteiger charge is 2.28. The molecule has 0 aromatic carbocycles. The SMILES string of the molecule is CN(C(=O)NC(C)(C)CCC(=O)O)C1CCSC1. The van der Waals surface area contributed by atoms with Gasteiger partial charge in [0.05, 0.1) is 0 Å². The number of carboxylic acid groups (broad SMARTS) is 1. The lowest BCUT2D eigenvalue weighted by Crippen LogP contribution is -2.51. The van der Waals surface area contributed by atoms with Crippen LogP contribution in [0, 0.1) is 0 Å². The van der Waals surface area contributed by atoms with E-state index in [1.54, 1.807) is 11.9 Å². The van der Waals surface area contributed by atoms with Gasteiger partial charge in [0, 0.05) is 30.8 Å². The molecule has 0 aromatic heterocycles. The third kappa shape index (κ3) is 4.76. The van der Waals surface area contributed by atoms with Crippen LogP contribution in [-0.2, 0) is 4.79 Å². The van der Waals surface area contributed by atoms with Gasteiger partial charge in [0.25, 0.3) is 0 Å². The monoisotopic (exact) mass is 274 g/mol. The zero-order valence-corrected chi connectivity index (χ0v) is 12.0. The van der Waals surface area contributed by atoms with Gasteiger partial charge in [0.1, 0.15) is 0 Å². The molecule has 1 rings (SSSR count). The Morgan fingerprint density at radius 1 is 1.50 bits per heavy atom. The molecule has 1 atom stereocenters. The Balaban J connectivity index is 2.43. The van der Waals surface area contributed by atoms with Gasteiger partial charge in [-0.15, -0.1) is 0 Å². The first-order valence-corrected chi connectivity index (χ1v) is 7.32. The molecular formula is C12H22N2O3S. The number of hydrogen-bond donors (Lipinski definition) is 2. The van der Waals surface area contributed by atoms with Crippen molar-refractivity contribution in [3.8, 4) is 0 Å². The summed E-state index contributed by atoms with van der Waals surface area (Å²) in [5, 5.41) is 11.6. The van der Waals surface area contributed by atoms with Gasteiger partial charge in [-0.05, 0) is 32.4 Å². The summed E-state index contributed by atoms with van der Waals surface area (Å²) in [6, 6.07) is 0.183. The van der Waals surface area contributed by atoms with Crippen molar-refractivity contribution in [2.45, 2.75) is 44.7 Å². The number of nitrogens with one attached hydrogen (secondary N) is 1. The molecule has 5 nitrogen and oxygen atoms in total. The summed E-state index contributed by atoms with van der Waals surface area (Å²) < 4.78 is 0. The van der Waals surface area contributed by atoms with Crippen LogP contribution in [-0.4, -0.2) is 52.1 Å². The zero-order chi connectivity index (χ0) is 13.8. The Bertz CT molecular complexity index is 314. The van der Waals surface area contributed by atoms with E-state index >= 15 is 0 Å². The van der Waals surface area contributed by atoms with Crippen LogP contribution in [0.15, 0.2) is 0 Å². The van der Waals surface area contributed by atoms with Crippen molar-refractivity contribution in [3.05, 3.63) is 0 Å². The molecular weight excluding hydrogens is 252 g/mol. The quantitative estimate of drug-likeness (QED) is 0.801. The molecule has 104 valence electrons. The summed E-state index contributed by atoms with van der Waals surface area (Å²) in [5.41, 5.74) is -0.491. The van der Waals surface area contributed by atoms with Gasteiger partial charge in [-0.25, -0.2) is 4.79 Å². The predicted molar refractivity (Wildman–Crippen MR) is 73.0 cm³/mol. The highest BCUT2D eigenvalue weighted by atomic mass is 32.2. The maximum absolute atomic E-state index is 12.0. The van der Waals surface area contributed by atoms with Crippen molar-refractivity contribution < 1.29 is 14.7 Å². The number of hydrogen-bond acceptors (Lipinski definition) is 3. The second-order valence-corrected chi connectivity index (χ2v) is 6.49. The van der Waals surface area contributed by atoms with Gasteiger partial charge in [-0.3, -0.25) is 4.79 Å². The lowest BCUT2D eigenvalue weighted by molar-refractivity contribution is -0.137. The summed E-state index contributed by atoms with van der Waals surface area (Å²) >= 11 is 1.86. The van der Waals surface area contributed by atoms with E-state index in [0.29, 0.717) is 12.5 Å². The molecule has 0 saturated carbocycles. The number of aliphatic carboxylic acids is 1. The van der Waals surface area contributed by atoms with Crippen LogP contribution >= 0.6 is 11.8 Å². The molecule has 0 aromatic rings. The summed E-state index contributed by atoms with van der Waals surface area (Å²) in [6.07, 6.45) is 1.53. The van der Waals surface area contributed by atoms with Crippen LogP contribution in [0.5, 0.6) is 0 Å². The van der Waals surface area contributed by atoms with Crippen LogP contribution in [0.4, 0.5) is 4.79 Å². The molecule has 1 aliphatic heterocycles. The van der Waals surface area contributed by atoms with Crippen LogP contribution in [0.2, 0.25) is 0 Å². The lowest BCUT2D eigenvalue weighted by atomic mass is 9.99. The van der Waals surface area contributed by atoms with Gasteiger partial charge in [-0.1, -0.05) is 0 Å². The number of carbonyl (C=O) groups is 2. The van der Waals surface area contributed by atoms with Crippen molar-refractivity contribution in [2.75, 3.05) is 18.6 Å². The molecule has 6 heteroatoms. The summed E-state index contributed by atoms with van der Waals surface area (Å²) in [6.45, 7) is 3.70. The molecule has 1 saturated heterocycles. The summed E-state index contributed by atoms with van der Waals surface area (Å²) in [4.78, 5) is 24.3. The minimum absolute atomic E-state index is 0.0657. The number of amides is 2. The van der Waals surface area contributed by atoms with Gasteiger partial charge in [0.2, 0.25) is 0 Å². The van der Waals surface area contributed by atoms with Crippen molar-refractivity contribution in [1.29, 1.82) is 0 Å². The maximum atomic E-state index is 12.0. The number of carbonyl (C=O) groups excluding carboxylic acids is 1. The zero-order valence-electron chi connectivity index (χ0n) is 11.2. The summed E-state index contributed by atoms with van der Waals surface area (Å²) in [7, 11) is 1.80. The molecule has 1 fully saturated rings. The third-order valence-corrected chi connectivity index (χ3v) is 4.33. The number of nitrogens with zero attached hydrogens (tertiary/aromatic N) is 1. The average molecular weight is 274 g/mol. The first-order valence-electron chi connectivity index (χ1n) is 6.16. The topological polar surface area (TPSA) is 69.6 Å². The smallest absolute Gasteiger partial charge is 0.317 e. The Morgan fingerprint density at radius 3 is 2.67 bits per heavy atom. The molecule has 2 N–H and O–H groups in total. The minimum Gasteiger partial charge on any atom is -0.481 e. The van der Waals surface area contributed by atoms with Gasteiger partial charge in [0.15, 0.2) is 0 Å². The molecule has 0 radical (unpaired) electrons. The Kier molecular flexibility index (Phi) is 5.31. The highest BCUT2D eigenvalue weighted by Crippen LogP contribution is 2.22. The molecule has 2 amide bonds. The first-order chi connectivity index (χ1) is 8.32. The van der Waals surface area contributed by atoms with Crippen molar-refractivity contribution in [2.24, 2.45) is 0 Å². The standard InChI is InChI=1S/C12H22N2O3S/c1-12(2,6-4-10(15)16)13-11(17)14(3)9-5-7-18-8-9/h9H,4-8H2,1-3H3,(H,13,17)(H,15,16). The van der Waals surface area contributed by atoms with Crippen LogP contribution < -0.4 is 5.32 Å². The van der Waals surface area contributed by atoms with Gasteiger partial charge < -0.3 is 15.3 Å². The van der Waals surface area contributed by atoms with E-state index in [1.165, 1.54) is 0 Å². The second-order valence-electron chi connectivity index (χ2n) is 5.34. The van der Waals surface area contributed by atoms with Crippen molar-refractivity contribution in [1.82, 2.24) is 10.2 Å². The minimum atomic E-state index is -0.835. The van der Waals surface area contributed by atoms with Crippen molar-refractivity contribution >= 4 is 23.8 Å². The third-order valence-electron chi connectivity index (χ3n) is 3.18. The predicted octanol–water partition coefficient (Wildman–Crippen LogP) is 1.78. The highest BCUT2D eigenvalue weighted by molar-refractivity contribution is 7.99. The van der Waals surface area contributed by atoms with Gasteiger partial charge >= 0.3 is 12.0 Å². The van der Waals surface area contributed by atoms with Crippen LogP contribution in [0.1, 0.15) is 33.1 Å². The number of rotatable bonds is 5. The van der Waals surface area contributed by atoms with E-state index in [-0.39, 0.29) is 12.5 Å². The fraction of sp³-hybridized carbons (Fsp3) is 0.833. The largest absolute Gasteiger partial charge is 0.481 e. The molecule has 0 spiro atoms. The van der Waals surface area contributed by atoms with Gasteiger partial charge in [-0.2, -0.15) is 11.8 Å². The Hall–Kier alpha value is -0.910. The fourth-order valence-corrected chi connectivity index (χ4v) is 3.12. The van der Waals surface area contributed by atoms with E-state index in [2.05, 4.69) is 5.32 Å². The molecule has 0 aliphatic carbocycles. The van der Waals surface area contributed by atoms with Crippen LogP contribution in [0.3, 0.4) is 0 Å². The Labute approximate surface area is 112 Å². The lowest BCUT2D eigenvalue weighted by Gasteiger charge is -2.31. The van der Waals surface area contributed by atoms with E-state index < -0.39 is 11.5 Å². The second kappa shape index (κ2) is 6.31. The van der Waals surface area contributed by atoms with Crippen LogP contribution in [0.25, 0.3) is 0 Å². The molecule has 1 heterocycles. The maximum Gasteiger partial charge on any atom is 0.317 e. The first kappa shape index (κ1) is 15.1. The molecule has 18 heavy (non-hydrogen) atoms. The number of carboxylic acids is 1. The van der Waals surface area contributed by atoms with E-state index in [4.69, 9.17) is 5.11 Å². The van der Waals surface area contributed by atoms with E-state index in [1.807, 2.05) is 25.6 Å². The number of urea groups is 1.